The molecule has 0 aliphatic rings. The van der Waals surface area contributed by atoms with Crippen molar-refractivity contribution in [2.75, 3.05) is 7.11 Å². The quantitative estimate of drug-likeness (QED) is 0.708. The molecule has 0 aromatic heterocycles. The molecule has 0 radical (unpaired) electrons. The van der Waals surface area contributed by atoms with Gasteiger partial charge in [0.15, 0.2) is 5.78 Å². The van der Waals surface area contributed by atoms with Crippen LogP contribution in [0.3, 0.4) is 0 Å². The van der Waals surface area contributed by atoms with Gasteiger partial charge in [-0.25, -0.2) is 0 Å². The number of carbonyl (C=O) groups excluding carboxylic acids is 1. The Kier molecular flexibility index (Phi) is 5.40. The Morgan fingerprint density at radius 2 is 1.86 bits per heavy atom. The van der Waals surface area contributed by atoms with Crippen molar-refractivity contribution in [2.24, 2.45) is 0 Å². The van der Waals surface area contributed by atoms with Gasteiger partial charge in [-0.3, -0.25) is 4.79 Å². The zero-order chi connectivity index (χ0) is 15.2. The number of methoxy groups -OCH3 is 1. The molecule has 3 heteroatoms. The molecule has 2 aromatic carbocycles. The van der Waals surface area contributed by atoms with Crippen LogP contribution in [-0.2, 0) is 6.42 Å². The van der Waals surface area contributed by atoms with E-state index >= 15 is 0 Å². The number of halogens is 1. The highest BCUT2D eigenvalue weighted by atomic mass is 35.5. The van der Waals surface area contributed by atoms with Crippen LogP contribution in [0, 0.1) is 0 Å². The van der Waals surface area contributed by atoms with Gasteiger partial charge < -0.3 is 4.74 Å². The summed E-state index contributed by atoms with van der Waals surface area (Å²) >= 11 is 5.92. The monoisotopic (exact) mass is 302 g/mol. The van der Waals surface area contributed by atoms with E-state index in [0.29, 0.717) is 21.9 Å². The van der Waals surface area contributed by atoms with E-state index in [-0.39, 0.29) is 5.78 Å². The molecule has 0 N–H and O–H groups in total. The van der Waals surface area contributed by atoms with Gasteiger partial charge in [0.25, 0.3) is 0 Å². The van der Waals surface area contributed by atoms with Gasteiger partial charge in [-0.2, -0.15) is 0 Å². The van der Waals surface area contributed by atoms with Crippen LogP contribution in [0.15, 0.2) is 42.5 Å². The molecule has 2 nitrogen and oxygen atoms in total. The number of aryl methyl sites for hydroxylation is 1. The summed E-state index contributed by atoms with van der Waals surface area (Å²) in [4.78, 5) is 12.5. The Labute approximate surface area is 130 Å². The number of ether oxygens (including phenoxy) is 1. The van der Waals surface area contributed by atoms with Crippen molar-refractivity contribution >= 4 is 17.4 Å². The number of ketones is 1. The second kappa shape index (κ2) is 7.28. The average molecular weight is 303 g/mol. The summed E-state index contributed by atoms with van der Waals surface area (Å²) in [5.74, 6) is 0.452. The van der Waals surface area contributed by atoms with Gasteiger partial charge in [0.05, 0.1) is 12.7 Å². The third-order valence-corrected chi connectivity index (χ3v) is 3.68. The molecule has 0 bridgehead atoms. The van der Waals surface area contributed by atoms with Gasteiger partial charge in [-0.1, -0.05) is 49.2 Å². The van der Waals surface area contributed by atoms with Gasteiger partial charge in [0.2, 0.25) is 0 Å². The van der Waals surface area contributed by atoms with Crippen molar-refractivity contribution in [3.05, 3.63) is 64.2 Å². The second-order valence-electron chi connectivity index (χ2n) is 4.97. The van der Waals surface area contributed by atoms with E-state index in [1.54, 1.807) is 18.2 Å². The van der Waals surface area contributed by atoms with Crippen LogP contribution in [0.1, 0.15) is 41.3 Å². The number of hydrogen-bond acceptors (Lipinski definition) is 2. The Hall–Kier alpha value is -1.80. The zero-order valence-corrected chi connectivity index (χ0v) is 13.1. The highest BCUT2D eigenvalue weighted by Crippen LogP contribution is 2.25. The predicted molar refractivity (Wildman–Crippen MR) is 86.5 cm³/mol. The van der Waals surface area contributed by atoms with Crippen molar-refractivity contribution in [3.63, 3.8) is 0 Å². The molecule has 0 saturated heterocycles. The summed E-state index contributed by atoms with van der Waals surface area (Å²) in [5.41, 5.74) is 2.45. The van der Waals surface area contributed by atoms with E-state index in [1.807, 2.05) is 24.3 Å². The van der Waals surface area contributed by atoms with Crippen LogP contribution >= 0.6 is 11.6 Å². The van der Waals surface area contributed by atoms with Gasteiger partial charge >= 0.3 is 0 Å². The SMILES string of the molecule is CCCCc1ccc(C(=O)c2ccc(Cl)cc2OC)cc1. The first-order valence-electron chi connectivity index (χ1n) is 7.13. The van der Waals surface area contributed by atoms with Gasteiger partial charge in [-0.15, -0.1) is 0 Å². The summed E-state index contributed by atoms with van der Waals surface area (Å²) in [7, 11) is 1.54. The van der Waals surface area contributed by atoms with Crippen molar-refractivity contribution in [2.45, 2.75) is 26.2 Å². The normalized spacial score (nSPS) is 10.4. The fourth-order valence-corrected chi connectivity index (χ4v) is 2.37. The summed E-state index contributed by atoms with van der Waals surface area (Å²) in [6.45, 7) is 2.17. The molecular formula is C18H19ClO2. The molecule has 110 valence electrons. The smallest absolute Gasteiger partial charge is 0.196 e. The van der Waals surface area contributed by atoms with E-state index < -0.39 is 0 Å². The number of carbonyl (C=O) groups is 1. The molecule has 0 spiro atoms. The molecule has 2 aromatic rings. The average Bonchev–Trinajstić information content (AvgIpc) is 2.52. The highest BCUT2D eigenvalue weighted by Gasteiger charge is 2.14. The maximum absolute atomic E-state index is 12.5. The number of benzene rings is 2. The summed E-state index contributed by atoms with van der Waals surface area (Å²) in [6.07, 6.45) is 3.39. The molecule has 0 atom stereocenters. The molecule has 0 aliphatic heterocycles. The summed E-state index contributed by atoms with van der Waals surface area (Å²) in [5, 5.41) is 0.554. The number of hydrogen-bond donors (Lipinski definition) is 0. The van der Waals surface area contributed by atoms with Gasteiger partial charge in [-0.05, 0) is 36.6 Å². The van der Waals surface area contributed by atoms with Crippen molar-refractivity contribution in [1.29, 1.82) is 0 Å². The molecule has 0 fully saturated rings. The molecule has 0 aliphatic carbocycles. The number of rotatable bonds is 6. The summed E-state index contributed by atoms with van der Waals surface area (Å²) in [6, 6.07) is 12.9. The van der Waals surface area contributed by atoms with E-state index in [2.05, 4.69) is 6.92 Å². The van der Waals surface area contributed by atoms with Crippen molar-refractivity contribution in [3.8, 4) is 5.75 Å². The second-order valence-corrected chi connectivity index (χ2v) is 5.41. The topological polar surface area (TPSA) is 26.3 Å². The maximum atomic E-state index is 12.5. The molecule has 0 saturated carbocycles. The highest BCUT2D eigenvalue weighted by molar-refractivity contribution is 6.31. The van der Waals surface area contributed by atoms with Crippen LogP contribution in [0.4, 0.5) is 0 Å². The first-order valence-corrected chi connectivity index (χ1v) is 7.50. The van der Waals surface area contributed by atoms with Crippen LogP contribution in [0.25, 0.3) is 0 Å². The summed E-state index contributed by atoms with van der Waals surface area (Å²) < 4.78 is 5.24. The van der Waals surface area contributed by atoms with Gasteiger partial charge in [0.1, 0.15) is 5.75 Å². The minimum Gasteiger partial charge on any atom is -0.496 e. The fourth-order valence-electron chi connectivity index (χ4n) is 2.21. The van der Waals surface area contributed by atoms with Crippen LogP contribution < -0.4 is 4.74 Å². The molecule has 2 rings (SSSR count). The lowest BCUT2D eigenvalue weighted by atomic mass is 10.00. The van der Waals surface area contributed by atoms with Crippen LogP contribution in [-0.4, -0.2) is 12.9 Å². The first-order chi connectivity index (χ1) is 10.2. The molecule has 21 heavy (non-hydrogen) atoms. The van der Waals surface area contributed by atoms with E-state index in [4.69, 9.17) is 16.3 Å². The minimum atomic E-state index is -0.0504. The lowest BCUT2D eigenvalue weighted by Crippen LogP contribution is -2.04. The number of unbranched alkanes of at least 4 members (excludes halogenated alkanes) is 1. The molecule has 0 amide bonds. The van der Waals surface area contributed by atoms with Crippen molar-refractivity contribution in [1.82, 2.24) is 0 Å². The van der Waals surface area contributed by atoms with E-state index in [1.165, 1.54) is 19.1 Å². The third kappa shape index (κ3) is 3.85. The van der Waals surface area contributed by atoms with E-state index in [0.717, 1.165) is 12.8 Å². The third-order valence-electron chi connectivity index (χ3n) is 3.44. The Morgan fingerprint density at radius 1 is 1.14 bits per heavy atom. The fraction of sp³-hybridized carbons (Fsp3) is 0.278. The lowest BCUT2D eigenvalue weighted by Gasteiger charge is -2.08. The van der Waals surface area contributed by atoms with Crippen LogP contribution in [0.2, 0.25) is 5.02 Å². The lowest BCUT2D eigenvalue weighted by molar-refractivity contribution is 0.103. The predicted octanol–water partition coefficient (Wildman–Crippen LogP) is 4.92. The Balaban J connectivity index is 2.23. The van der Waals surface area contributed by atoms with Crippen LogP contribution in [0.5, 0.6) is 5.75 Å². The van der Waals surface area contributed by atoms with Crippen molar-refractivity contribution < 1.29 is 9.53 Å². The Morgan fingerprint density at radius 3 is 2.48 bits per heavy atom. The Bertz CT molecular complexity index is 618. The minimum absolute atomic E-state index is 0.0504. The zero-order valence-electron chi connectivity index (χ0n) is 12.4. The molecule has 0 unspecified atom stereocenters. The molecule has 0 heterocycles. The molecular weight excluding hydrogens is 284 g/mol. The maximum Gasteiger partial charge on any atom is 0.196 e. The standard InChI is InChI=1S/C18H19ClO2/c1-3-4-5-13-6-8-14(9-7-13)18(20)16-11-10-15(19)12-17(16)21-2/h6-12H,3-5H2,1-2H3. The van der Waals surface area contributed by atoms with Gasteiger partial charge in [0, 0.05) is 10.6 Å². The van der Waals surface area contributed by atoms with E-state index in [9.17, 15) is 4.79 Å². The largest absolute Gasteiger partial charge is 0.496 e. The first kappa shape index (κ1) is 15.6.